The van der Waals surface area contributed by atoms with Crippen LogP contribution in [0.1, 0.15) is 24.1 Å². The number of benzene rings is 1. The SMILES string of the molecule is CC(Cc1ccsn1)c1ccccc1. The van der Waals surface area contributed by atoms with E-state index in [1.807, 2.05) is 5.38 Å². The lowest BCUT2D eigenvalue weighted by atomic mass is 9.96. The maximum atomic E-state index is 4.32. The van der Waals surface area contributed by atoms with Gasteiger partial charge in [0.1, 0.15) is 0 Å². The molecule has 1 unspecified atom stereocenters. The molecule has 0 aliphatic heterocycles. The molecule has 2 rings (SSSR count). The predicted molar refractivity (Wildman–Crippen MR) is 60.7 cm³/mol. The molecular formula is C12H13NS. The summed E-state index contributed by atoms with van der Waals surface area (Å²) in [5.41, 5.74) is 2.59. The Bertz CT molecular complexity index is 366. The number of hydrogen-bond donors (Lipinski definition) is 0. The maximum absolute atomic E-state index is 4.32. The first-order valence-corrected chi connectivity index (χ1v) is 5.64. The third-order valence-electron chi connectivity index (χ3n) is 2.38. The minimum absolute atomic E-state index is 0.554. The van der Waals surface area contributed by atoms with Crippen LogP contribution in [-0.4, -0.2) is 4.37 Å². The molecule has 1 aromatic heterocycles. The van der Waals surface area contributed by atoms with Crippen LogP contribution in [0, 0.1) is 0 Å². The van der Waals surface area contributed by atoms with E-state index in [0.717, 1.165) is 6.42 Å². The van der Waals surface area contributed by atoms with Gasteiger partial charge in [-0.15, -0.1) is 0 Å². The molecule has 0 amide bonds. The lowest BCUT2D eigenvalue weighted by Gasteiger charge is -2.09. The Morgan fingerprint density at radius 3 is 2.64 bits per heavy atom. The van der Waals surface area contributed by atoms with Crippen LogP contribution in [-0.2, 0) is 6.42 Å². The summed E-state index contributed by atoms with van der Waals surface area (Å²) in [6.45, 7) is 2.24. The van der Waals surface area contributed by atoms with E-state index >= 15 is 0 Å². The molecule has 0 aliphatic carbocycles. The molecule has 1 aromatic carbocycles. The molecule has 2 heteroatoms. The Kier molecular flexibility index (Phi) is 2.94. The summed E-state index contributed by atoms with van der Waals surface area (Å²) >= 11 is 1.53. The highest BCUT2D eigenvalue weighted by atomic mass is 32.1. The topological polar surface area (TPSA) is 12.9 Å². The molecule has 1 heterocycles. The predicted octanol–water partition coefficient (Wildman–Crippen LogP) is 3.49. The molecule has 1 nitrogen and oxygen atoms in total. The first-order valence-electron chi connectivity index (χ1n) is 4.80. The maximum Gasteiger partial charge on any atom is 0.0548 e. The van der Waals surface area contributed by atoms with Gasteiger partial charge >= 0.3 is 0 Å². The molecule has 0 aliphatic rings. The smallest absolute Gasteiger partial charge is 0.0548 e. The molecule has 14 heavy (non-hydrogen) atoms. The fourth-order valence-corrected chi connectivity index (χ4v) is 2.11. The van der Waals surface area contributed by atoms with E-state index in [9.17, 15) is 0 Å². The van der Waals surface area contributed by atoms with Gasteiger partial charge in [0.15, 0.2) is 0 Å². The van der Waals surface area contributed by atoms with E-state index in [1.54, 1.807) is 0 Å². The highest BCUT2D eigenvalue weighted by Crippen LogP contribution is 2.19. The van der Waals surface area contributed by atoms with Crippen LogP contribution in [0.2, 0.25) is 0 Å². The first-order chi connectivity index (χ1) is 6.86. The Morgan fingerprint density at radius 2 is 2.00 bits per heavy atom. The van der Waals surface area contributed by atoms with Crippen molar-refractivity contribution in [3.8, 4) is 0 Å². The Balaban J connectivity index is 2.07. The van der Waals surface area contributed by atoms with Gasteiger partial charge in [-0.2, -0.15) is 4.37 Å². The third-order valence-corrected chi connectivity index (χ3v) is 2.97. The highest BCUT2D eigenvalue weighted by Gasteiger charge is 2.06. The second-order valence-corrected chi connectivity index (χ2v) is 4.17. The van der Waals surface area contributed by atoms with Gasteiger partial charge in [-0.1, -0.05) is 37.3 Å². The quantitative estimate of drug-likeness (QED) is 0.744. The summed E-state index contributed by atoms with van der Waals surface area (Å²) in [5, 5.41) is 2.03. The zero-order valence-corrected chi connectivity index (χ0v) is 9.00. The molecule has 0 fully saturated rings. The van der Waals surface area contributed by atoms with Crippen LogP contribution in [0.5, 0.6) is 0 Å². The summed E-state index contributed by atoms with van der Waals surface area (Å²) in [7, 11) is 0. The summed E-state index contributed by atoms with van der Waals surface area (Å²) in [5.74, 6) is 0.554. The van der Waals surface area contributed by atoms with Crippen molar-refractivity contribution in [3.05, 3.63) is 53.0 Å². The average molecular weight is 203 g/mol. The number of rotatable bonds is 3. The number of aromatic nitrogens is 1. The summed E-state index contributed by atoms with van der Waals surface area (Å²) in [6, 6.07) is 12.7. The van der Waals surface area contributed by atoms with Crippen LogP contribution >= 0.6 is 11.5 Å². The van der Waals surface area contributed by atoms with Gasteiger partial charge in [-0.3, -0.25) is 0 Å². The fraction of sp³-hybridized carbons (Fsp3) is 0.250. The van der Waals surface area contributed by atoms with Gasteiger partial charge in [0.25, 0.3) is 0 Å². The van der Waals surface area contributed by atoms with Gasteiger partial charge < -0.3 is 0 Å². The molecule has 1 atom stereocenters. The van der Waals surface area contributed by atoms with E-state index in [0.29, 0.717) is 5.92 Å². The normalized spacial score (nSPS) is 12.6. The van der Waals surface area contributed by atoms with Crippen LogP contribution < -0.4 is 0 Å². The van der Waals surface area contributed by atoms with Crippen molar-refractivity contribution in [1.29, 1.82) is 0 Å². The molecule has 0 bridgehead atoms. The third kappa shape index (κ3) is 2.20. The molecule has 0 saturated heterocycles. The van der Waals surface area contributed by atoms with Crippen molar-refractivity contribution in [2.24, 2.45) is 0 Å². The van der Waals surface area contributed by atoms with E-state index in [2.05, 4.69) is 47.7 Å². The van der Waals surface area contributed by atoms with Crippen molar-refractivity contribution in [2.45, 2.75) is 19.3 Å². The lowest BCUT2D eigenvalue weighted by molar-refractivity contribution is 0.748. The van der Waals surface area contributed by atoms with Crippen molar-refractivity contribution in [3.63, 3.8) is 0 Å². The van der Waals surface area contributed by atoms with Gasteiger partial charge in [-0.05, 0) is 35.5 Å². The van der Waals surface area contributed by atoms with Crippen LogP contribution in [0.25, 0.3) is 0 Å². The average Bonchev–Trinajstić information content (AvgIpc) is 2.72. The van der Waals surface area contributed by atoms with Crippen LogP contribution in [0.3, 0.4) is 0 Å². The zero-order chi connectivity index (χ0) is 9.80. The van der Waals surface area contributed by atoms with Gasteiger partial charge in [0.2, 0.25) is 0 Å². The monoisotopic (exact) mass is 203 g/mol. The van der Waals surface area contributed by atoms with Crippen molar-refractivity contribution in [1.82, 2.24) is 4.37 Å². The second-order valence-electron chi connectivity index (χ2n) is 3.51. The minimum Gasteiger partial charge on any atom is -0.198 e. The summed E-state index contributed by atoms with van der Waals surface area (Å²) in [4.78, 5) is 0. The Labute approximate surface area is 88.6 Å². The van der Waals surface area contributed by atoms with E-state index in [-0.39, 0.29) is 0 Å². The summed E-state index contributed by atoms with van der Waals surface area (Å²) < 4.78 is 4.32. The molecule has 72 valence electrons. The molecule has 0 saturated carbocycles. The fourth-order valence-electron chi connectivity index (χ4n) is 1.56. The minimum atomic E-state index is 0.554. The zero-order valence-electron chi connectivity index (χ0n) is 8.18. The van der Waals surface area contributed by atoms with E-state index in [4.69, 9.17) is 0 Å². The Morgan fingerprint density at radius 1 is 1.21 bits per heavy atom. The number of hydrogen-bond acceptors (Lipinski definition) is 2. The van der Waals surface area contributed by atoms with E-state index in [1.165, 1.54) is 22.8 Å². The first kappa shape index (κ1) is 9.41. The van der Waals surface area contributed by atoms with Gasteiger partial charge in [0, 0.05) is 5.38 Å². The summed E-state index contributed by atoms with van der Waals surface area (Å²) in [6.07, 6.45) is 1.04. The van der Waals surface area contributed by atoms with Gasteiger partial charge in [-0.25, -0.2) is 0 Å². The standard InChI is InChI=1S/C12H13NS/c1-10(9-12-7-8-14-13-12)11-5-3-2-4-6-11/h2-8,10H,9H2,1H3. The molecule has 2 aromatic rings. The van der Waals surface area contributed by atoms with Crippen molar-refractivity contribution < 1.29 is 0 Å². The molecule has 0 radical (unpaired) electrons. The van der Waals surface area contributed by atoms with Gasteiger partial charge in [0.05, 0.1) is 5.69 Å². The molecular weight excluding hydrogens is 190 g/mol. The lowest BCUT2D eigenvalue weighted by Crippen LogP contribution is -1.97. The van der Waals surface area contributed by atoms with E-state index < -0.39 is 0 Å². The van der Waals surface area contributed by atoms with Crippen LogP contribution in [0.15, 0.2) is 41.8 Å². The molecule has 0 N–H and O–H groups in total. The highest BCUT2D eigenvalue weighted by molar-refractivity contribution is 7.03. The van der Waals surface area contributed by atoms with Crippen molar-refractivity contribution in [2.75, 3.05) is 0 Å². The number of nitrogens with zero attached hydrogens (tertiary/aromatic N) is 1. The van der Waals surface area contributed by atoms with Crippen molar-refractivity contribution >= 4 is 11.5 Å². The second kappa shape index (κ2) is 4.38. The Hall–Kier alpha value is -1.15. The molecule has 0 spiro atoms. The largest absolute Gasteiger partial charge is 0.198 e. The van der Waals surface area contributed by atoms with Crippen LogP contribution in [0.4, 0.5) is 0 Å².